The third-order valence-corrected chi connectivity index (χ3v) is 4.73. The van der Waals surface area contributed by atoms with Crippen molar-refractivity contribution in [2.24, 2.45) is 0 Å². The van der Waals surface area contributed by atoms with Gasteiger partial charge in [0.2, 0.25) is 0 Å². The van der Waals surface area contributed by atoms with Crippen LogP contribution in [0, 0.1) is 20.8 Å². The van der Waals surface area contributed by atoms with Crippen LogP contribution >= 0.6 is 0 Å². The van der Waals surface area contributed by atoms with Crippen molar-refractivity contribution in [1.29, 1.82) is 0 Å². The molecule has 29 heavy (non-hydrogen) atoms. The number of hydrogen-bond donors (Lipinski definition) is 1. The Labute approximate surface area is 170 Å². The summed E-state index contributed by atoms with van der Waals surface area (Å²) in [6, 6.07) is 17.2. The van der Waals surface area contributed by atoms with E-state index in [9.17, 15) is 9.59 Å². The third-order valence-electron chi connectivity index (χ3n) is 4.73. The molecule has 3 rings (SSSR count). The van der Waals surface area contributed by atoms with Gasteiger partial charge in [-0.2, -0.15) is 5.10 Å². The maximum absolute atomic E-state index is 12.4. The summed E-state index contributed by atoms with van der Waals surface area (Å²) in [7, 11) is 0. The molecule has 0 aliphatic carbocycles. The molecular weight excluding hydrogens is 366 g/mol. The molecule has 0 fully saturated rings. The molecule has 0 bridgehead atoms. The zero-order valence-corrected chi connectivity index (χ0v) is 17.1. The maximum Gasteiger partial charge on any atom is 0.311 e. The standard InChI is InChI=1S/C23H25N3O3/c1-15-9-8-10-19(13-15)24-23(28)18(4)29-22(27)14-21-16(2)25-26(17(21)3)20-11-6-5-7-12-20/h5-13,18H,14H2,1-4H3,(H,24,28)/t18-/m1/s1. The molecule has 1 aromatic heterocycles. The van der Waals surface area contributed by atoms with E-state index in [1.54, 1.807) is 13.0 Å². The number of esters is 1. The first-order chi connectivity index (χ1) is 13.8. The average Bonchev–Trinajstić information content (AvgIpc) is 2.97. The molecule has 0 spiro atoms. The second kappa shape index (κ2) is 8.73. The van der Waals surface area contributed by atoms with Gasteiger partial charge in [0, 0.05) is 16.9 Å². The van der Waals surface area contributed by atoms with Crippen LogP contribution in [0.5, 0.6) is 0 Å². The van der Waals surface area contributed by atoms with Gasteiger partial charge in [0.1, 0.15) is 0 Å². The number of anilines is 1. The minimum absolute atomic E-state index is 0.0621. The van der Waals surface area contributed by atoms with Crippen LogP contribution in [0.25, 0.3) is 5.69 Å². The van der Waals surface area contributed by atoms with Crippen LogP contribution in [0.1, 0.15) is 29.4 Å². The van der Waals surface area contributed by atoms with Gasteiger partial charge in [-0.05, 0) is 57.5 Å². The number of aromatic nitrogens is 2. The van der Waals surface area contributed by atoms with Crippen LogP contribution in [0.15, 0.2) is 54.6 Å². The molecule has 0 radical (unpaired) electrons. The van der Waals surface area contributed by atoms with E-state index in [1.807, 2.05) is 74.0 Å². The number of benzene rings is 2. The average molecular weight is 391 g/mol. The highest BCUT2D eigenvalue weighted by molar-refractivity contribution is 5.95. The Morgan fingerprint density at radius 3 is 2.48 bits per heavy atom. The van der Waals surface area contributed by atoms with Crippen molar-refractivity contribution < 1.29 is 14.3 Å². The van der Waals surface area contributed by atoms with E-state index in [1.165, 1.54) is 0 Å². The molecule has 1 amide bonds. The fourth-order valence-corrected chi connectivity index (χ4v) is 3.15. The van der Waals surface area contributed by atoms with Gasteiger partial charge in [-0.15, -0.1) is 0 Å². The van der Waals surface area contributed by atoms with Gasteiger partial charge in [-0.1, -0.05) is 30.3 Å². The summed E-state index contributed by atoms with van der Waals surface area (Å²) in [5, 5.41) is 7.31. The predicted octanol–water partition coefficient (Wildman–Crippen LogP) is 3.91. The molecule has 0 aliphatic rings. The monoisotopic (exact) mass is 391 g/mol. The fourth-order valence-electron chi connectivity index (χ4n) is 3.15. The lowest BCUT2D eigenvalue weighted by Crippen LogP contribution is -2.30. The molecule has 0 unspecified atom stereocenters. The van der Waals surface area contributed by atoms with Crippen molar-refractivity contribution in [2.45, 2.75) is 40.2 Å². The summed E-state index contributed by atoms with van der Waals surface area (Å²) in [5.41, 5.74) is 5.09. The summed E-state index contributed by atoms with van der Waals surface area (Å²) in [4.78, 5) is 24.8. The highest BCUT2D eigenvalue weighted by Crippen LogP contribution is 2.19. The number of carbonyl (C=O) groups excluding carboxylic acids is 2. The molecule has 2 aromatic carbocycles. The number of carbonyl (C=O) groups is 2. The number of aryl methyl sites for hydroxylation is 2. The second-order valence-corrected chi connectivity index (χ2v) is 7.06. The number of rotatable bonds is 6. The Balaban J connectivity index is 1.64. The largest absolute Gasteiger partial charge is 0.452 e. The Kier molecular flexibility index (Phi) is 6.12. The Morgan fingerprint density at radius 1 is 1.07 bits per heavy atom. The summed E-state index contributed by atoms with van der Waals surface area (Å²) >= 11 is 0. The van der Waals surface area contributed by atoms with Crippen LogP contribution in [0.4, 0.5) is 5.69 Å². The smallest absolute Gasteiger partial charge is 0.311 e. The summed E-state index contributed by atoms with van der Waals surface area (Å²) in [5.74, 6) is -0.826. The van der Waals surface area contributed by atoms with E-state index in [-0.39, 0.29) is 12.3 Å². The van der Waals surface area contributed by atoms with Crippen LogP contribution in [0.3, 0.4) is 0 Å². The molecule has 150 valence electrons. The van der Waals surface area contributed by atoms with Crippen LogP contribution in [0.2, 0.25) is 0 Å². The summed E-state index contributed by atoms with van der Waals surface area (Å²) < 4.78 is 7.17. The molecule has 1 atom stereocenters. The summed E-state index contributed by atoms with van der Waals surface area (Å²) in [6.07, 6.45) is -0.833. The lowest BCUT2D eigenvalue weighted by atomic mass is 10.1. The molecule has 1 N–H and O–H groups in total. The third kappa shape index (κ3) is 4.90. The summed E-state index contributed by atoms with van der Waals surface area (Å²) in [6.45, 7) is 7.29. The van der Waals surface area contributed by atoms with Crippen LogP contribution < -0.4 is 5.32 Å². The molecule has 6 nitrogen and oxygen atoms in total. The molecule has 1 heterocycles. The lowest BCUT2D eigenvalue weighted by Gasteiger charge is -2.14. The van der Waals surface area contributed by atoms with Gasteiger partial charge in [0.15, 0.2) is 6.10 Å². The number of hydrogen-bond acceptors (Lipinski definition) is 4. The normalized spacial score (nSPS) is 11.7. The first kappa shape index (κ1) is 20.3. The van der Waals surface area contributed by atoms with Gasteiger partial charge in [-0.3, -0.25) is 9.59 Å². The van der Waals surface area contributed by atoms with E-state index < -0.39 is 12.1 Å². The number of amides is 1. The quantitative estimate of drug-likeness (QED) is 0.647. The van der Waals surface area contributed by atoms with Crippen LogP contribution in [-0.4, -0.2) is 27.8 Å². The zero-order valence-electron chi connectivity index (χ0n) is 17.1. The minimum atomic E-state index is -0.896. The van der Waals surface area contributed by atoms with Crippen molar-refractivity contribution in [2.75, 3.05) is 5.32 Å². The SMILES string of the molecule is Cc1cccc(NC(=O)[C@@H](C)OC(=O)Cc2c(C)nn(-c3ccccc3)c2C)c1. The fraction of sp³-hybridized carbons (Fsp3) is 0.261. The highest BCUT2D eigenvalue weighted by Gasteiger charge is 2.21. The van der Waals surface area contributed by atoms with Crippen molar-refractivity contribution in [1.82, 2.24) is 9.78 Å². The Hall–Kier alpha value is -3.41. The predicted molar refractivity (Wildman–Crippen MR) is 112 cm³/mol. The van der Waals surface area contributed by atoms with Crippen molar-refractivity contribution in [3.63, 3.8) is 0 Å². The van der Waals surface area contributed by atoms with Gasteiger partial charge in [0.05, 0.1) is 17.8 Å². The molecule has 3 aromatic rings. The molecule has 0 saturated heterocycles. The van der Waals surface area contributed by atoms with Gasteiger partial charge >= 0.3 is 5.97 Å². The number of nitrogens with zero attached hydrogens (tertiary/aromatic N) is 2. The van der Waals surface area contributed by atoms with Crippen LogP contribution in [-0.2, 0) is 20.7 Å². The second-order valence-electron chi connectivity index (χ2n) is 7.06. The van der Waals surface area contributed by atoms with E-state index >= 15 is 0 Å². The minimum Gasteiger partial charge on any atom is -0.452 e. The number of para-hydroxylation sites is 1. The molecule has 0 saturated carbocycles. The zero-order chi connectivity index (χ0) is 21.0. The van der Waals surface area contributed by atoms with E-state index in [0.717, 1.165) is 28.2 Å². The van der Waals surface area contributed by atoms with Gasteiger partial charge in [0.25, 0.3) is 5.91 Å². The van der Waals surface area contributed by atoms with E-state index in [2.05, 4.69) is 10.4 Å². The Bertz CT molecular complexity index is 1030. The molecule has 0 aliphatic heterocycles. The molecule has 6 heteroatoms. The Morgan fingerprint density at radius 2 is 1.79 bits per heavy atom. The maximum atomic E-state index is 12.4. The van der Waals surface area contributed by atoms with Gasteiger partial charge < -0.3 is 10.1 Å². The van der Waals surface area contributed by atoms with Crippen molar-refractivity contribution in [3.05, 3.63) is 77.1 Å². The van der Waals surface area contributed by atoms with Crippen molar-refractivity contribution in [3.8, 4) is 5.69 Å². The van der Waals surface area contributed by atoms with E-state index in [4.69, 9.17) is 4.74 Å². The number of ether oxygens (including phenoxy) is 1. The number of nitrogens with one attached hydrogen (secondary N) is 1. The first-order valence-electron chi connectivity index (χ1n) is 9.52. The lowest BCUT2D eigenvalue weighted by molar-refractivity contribution is -0.152. The highest BCUT2D eigenvalue weighted by atomic mass is 16.5. The topological polar surface area (TPSA) is 73.2 Å². The van der Waals surface area contributed by atoms with Crippen molar-refractivity contribution >= 4 is 17.6 Å². The molecular formula is C23H25N3O3. The van der Waals surface area contributed by atoms with E-state index in [0.29, 0.717) is 5.69 Å². The van der Waals surface area contributed by atoms with Gasteiger partial charge in [-0.25, -0.2) is 4.68 Å². The first-order valence-corrected chi connectivity index (χ1v) is 9.52.